The highest BCUT2D eigenvalue weighted by molar-refractivity contribution is 6.49. The second kappa shape index (κ2) is 5.68. The number of carbonyl (C=O) groups is 2. The Morgan fingerprint density at radius 1 is 1.24 bits per heavy atom. The summed E-state index contributed by atoms with van der Waals surface area (Å²) in [5, 5.41) is -1.06. The molecule has 0 aliphatic heterocycles. The van der Waals surface area contributed by atoms with E-state index in [1.54, 1.807) is 18.2 Å². The van der Waals surface area contributed by atoms with Gasteiger partial charge in [-0.05, 0) is 18.2 Å². The van der Waals surface area contributed by atoms with Gasteiger partial charge in [0.2, 0.25) is 5.78 Å². The zero-order chi connectivity index (χ0) is 13.0. The van der Waals surface area contributed by atoms with Gasteiger partial charge in [0.15, 0.2) is 5.78 Å². The van der Waals surface area contributed by atoms with E-state index in [0.717, 1.165) is 0 Å². The second-order valence-electron chi connectivity index (χ2n) is 3.39. The average Bonchev–Trinajstić information content (AvgIpc) is 2.35. The van der Waals surface area contributed by atoms with E-state index >= 15 is 0 Å². The number of hydrogen-bond donors (Lipinski definition) is 0. The average molecular weight is 257 g/mol. The quantitative estimate of drug-likeness (QED) is 0.598. The number of ether oxygens (including phenoxy) is 2. The van der Waals surface area contributed by atoms with E-state index in [1.807, 2.05) is 0 Å². The molecule has 0 spiro atoms. The minimum absolute atomic E-state index is 0.425. The van der Waals surface area contributed by atoms with Crippen molar-refractivity contribution in [1.82, 2.24) is 0 Å². The molecule has 0 saturated carbocycles. The highest BCUT2D eigenvalue weighted by Crippen LogP contribution is 2.33. The van der Waals surface area contributed by atoms with Crippen molar-refractivity contribution in [3.63, 3.8) is 0 Å². The van der Waals surface area contributed by atoms with Crippen LogP contribution in [0.4, 0.5) is 0 Å². The molecule has 5 heteroatoms. The van der Waals surface area contributed by atoms with Gasteiger partial charge in [-0.15, -0.1) is 11.6 Å². The van der Waals surface area contributed by atoms with Crippen LogP contribution in [0.25, 0.3) is 0 Å². The zero-order valence-corrected chi connectivity index (χ0v) is 10.6. The smallest absolute Gasteiger partial charge is 0.220 e. The lowest BCUT2D eigenvalue weighted by Crippen LogP contribution is -2.16. The number of hydrogen-bond acceptors (Lipinski definition) is 4. The van der Waals surface area contributed by atoms with Crippen molar-refractivity contribution in [3.05, 3.63) is 23.8 Å². The molecule has 1 rings (SSSR count). The SMILES string of the molecule is COc1ccc(OC)c(C(Cl)C(=O)C(C)=O)c1. The summed E-state index contributed by atoms with van der Waals surface area (Å²) >= 11 is 5.96. The van der Waals surface area contributed by atoms with E-state index in [0.29, 0.717) is 17.1 Å². The van der Waals surface area contributed by atoms with Gasteiger partial charge in [-0.2, -0.15) is 0 Å². The monoisotopic (exact) mass is 256 g/mol. The Morgan fingerprint density at radius 2 is 1.88 bits per heavy atom. The fourth-order valence-electron chi connectivity index (χ4n) is 1.36. The standard InChI is InChI=1S/C12H13ClO4/c1-7(14)12(15)11(13)9-6-8(16-2)4-5-10(9)17-3/h4-6,11H,1-3H3. The van der Waals surface area contributed by atoms with Gasteiger partial charge in [-0.1, -0.05) is 0 Å². The Labute approximate surface area is 104 Å². The molecule has 0 aromatic heterocycles. The van der Waals surface area contributed by atoms with Gasteiger partial charge in [0.1, 0.15) is 16.9 Å². The predicted molar refractivity (Wildman–Crippen MR) is 63.8 cm³/mol. The summed E-state index contributed by atoms with van der Waals surface area (Å²) in [5.74, 6) is -0.267. The number of carbonyl (C=O) groups excluding carboxylic acids is 2. The molecule has 4 nitrogen and oxygen atoms in total. The van der Waals surface area contributed by atoms with Gasteiger partial charge in [0.05, 0.1) is 14.2 Å². The van der Waals surface area contributed by atoms with Crippen molar-refractivity contribution in [3.8, 4) is 11.5 Å². The van der Waals surface area contributed by atoms with Crippen molar-refractivity contribution in [2.45, 2.75) is 12.3 Å². The number of ketones is 2. The minimum Gasteiger partial charge on any atom is -0.497 e. The van der Waals surface area contributed by atoms with Crippen LogP contribution in [0.1, 0.15) is 17.9 Å². The number of rotatable bonds is 5. The number of Topliss-reactive ketones (excluding diaryl/α,β-unsaturated/α-hetero) is 2. The van der Waals surface area contributed by atoms with Crippen LogP contribution in [0.5, 0.6) is 11.5 Å². The molecular weight excluding hydrogens is 244 g/mol. The Balaban J connectivity index is 3.18. The van der Waals surface area contributed by atoms with Gasteiger partial charge < -0.3 is 9.47 Å². The lowest BCUT2D eigenvalue weighted by atomic mass is 10.0. The molecule has 0 saturated heterocycles. The molecule has 0 aliphatic carbocycles. The lowest BCUT2D eigenvalue weighted by Gasteiger charge is -2.13. The maximum atomic E-state index is 11.5. The maximum absolute atomic E-state index is 11.5. The Kier molecular flexibility index (Phi) is 4.52. The van der Waals surface area contributed by atoms with Crippen LogP contribution in [0, 0.1) is 0 Å². The molecular formula is C12H13ClO4. The summed E-state index contributed by atoms with van der Waals surface area (Å²) in [4.78, 5) is 22.5. The third-order valence-corrected chi connectivity index (χ3v) is 2.72. The molecule has 0 fully saturated rings. The molecule has 17 heavy (non-hydrogen) atoms. The van der Waals surface area contributed by atoms with Crippen LogP contribution in [0.15, 0.2) is 18.2 Å². The summed E-state index contributed by atoms with van der Waals surface area (Å²) in [6.07, 6.45) is 0. The first kappa shape index (κ1) is 13.5. The predicted octanol–water partition coefficient (Wildman–Crippen LogP) is 2.14. The Morgan fingerprint density at radius 3 is 2.35 bits per heavy atom. The third kappa shape index (κ3) is 2.97. The number of methoxy groups -OCH3 is 2. The molecule has 1 atom stereocenters. The maximum Gasteiger partial charge on any atom is 0.220 e. The first-order valence-electron chi connectivity index (χ1n) is 4.92. The summed E-state index contributed by atoms with van der Waals surface area (Å²) in [5.41, 5.74) is 0.425. The van der Waals surface area contributed by atoms with Crippen LogP contribution in [0.2, 0.25) is 0 Å². The van der Waals surface area contributed by atoms with Crippen LogP contribution < -0.4 is 9.47 Å². The number of alkyl halides is 1. The fourth-order valence-corrected chi connectivity index (χ4v) is 1.68. The van der Waals surface area contributed by atoms with Crippen molar-refractivity contribution >= 4 is 23.2 Å². The van der Waals surface area contributed by atoms with Gasteiger partial charge in [-0.3, -0.25) is 9.59 Å². The first-order chi connectivity index (χ1) is 8.01. The van der Waals surface area contributed by atoms with Crippen molar-refractivity contribution in [2.24, 2.45) is 0 Å². The molecule has 0 heterocycles. The van der Waals surface area contributed by atoms with E-state index in [9.17, 15) is 9.59 Å². The topological polar surface area (TPSA) is 52.6 Å². The number of benzene rings is 1. The van der Waals surface area contributed by atoms with E-state index in [1.165, 1.54) is 21.1 Å². The van der Waals surface area contributed by atoms with E-state index in [4.69, 9.17) is 21.1 Å². The molecule has 1 aromatic carbocycles. The van der Waals surface area contributed by atoms with Gasteiger partial charge >= 0.3 is 0 Å². The summed E-state index contributed by atoms with van der Waals surface area (Å²) in [7, 11) is 2.97. The Hall–Kier alpha value is -1.55. The first-order valence-corrected chi connectivity index (χ1v) is 5.35. The zero-order valence-electron chi connectivity index (χ0n) is 9.82. The van der Waals surface area contributed by atoms with E-state index in [-0.39, 0.29) is 0 Å². The Bertz CT molecular complexity index is 442. The van der Waals surface area contributed by atoms with Crippen molar-refractivity contribution in [1.29, 1.82) is 0 Å². The van der Waals surface area contributed by atoms with Gasteiger partial charge in [0.25, 0.3) is 0 Å². The molecule has 0 amide bonds. The summed E-state index contributed by atoms with van der Waals surface area (Å²) in [6, 6.07) is 4.90. The summed E-state index contributed by atoms with van der Waals surface area (Å²) < 4.78 is 10.1. The molecule has 0 N–H and O–H groups in total. The highest BCUT2D eigenvalue weighted by atomic mass is 35.5. The normalized spacial score (nSPS) is 11.8. The molecule has 1 unspecified atom stereocenters. The molecule has 0 radical (unpaired) electrons. The van der Waals surface area contributed by atoms with E-state index < -0.39 is 16.9 Å². The molecule has 0 aliphatic rings. The highest BCUT2D eigenvalue weighted by Gasteiger charge is 2.25. The van der Waals surface area contributed by atoms with Crippen LogP contribution in [0.3, 0.4) is 0 Å². The fraction of sp³-hybridized carbons (Fsp3) is 0.333. The van der Waals surface area contributed by atoms with Crippen LogP contribution >= 0.6 is 11.6 Å². The van der Waals surface area contributed by atoms with Crippen molar-refractivity contribution < 1.29 is 19.1 Å². The van der Waals surface area contributed by atoms with E-state index in [2.05, 4.69) is 0 Å². The summed E-state index contributed by atoms with van der Waals surface area (Å²) in [6.45, 7) is 1.18. The van der Waals surface area contributed by atoms with Crippen molar-refractivity contribution in [2.75, 3.05) is 14.2 Å². The largest absolute Gasteiger partial charge is 0.497 e. The van der Waals surface area contributed by atoms with Crippen LogP contribution in [-0.4, -0.2) is 25.8 Å². The lowest BCUT2D eigenvalue weighted by molar-refractivity contribution is -0.135. The molecule has 92 valence electrons. The second-order valence-corrected chi connectivity index (χ2v) is 3.83. The number of halogens is 1. The minimum atomic E-state index is -1.06. The van der Waals surface area contributed by atoms with Gasteiger partial charge in [-0.25, -0.2) is 0 Å². The van der Waals surface area contributed by atoms with Gasteiger partial charge in [0, 0.05) is 12.5 Å². The molecule has 1 aromatic rings. The molecule has 0 bridgehead atoms. The third-order valence-electron chi connectivity index (χ3n) is 2.29. The van der Waals surface area contributed by atoms with Crippen LogP contribution in [-0.2, 0) is 9.59 Å².